The third kappa shape index (κ3) is 1.86. The molecule has 0 aliphatic rings. The monoisotopic (exact) mass is 213 g/mol. The topological polar surface area (TPSA) is 68.6 Å². The van der Waals surface area contributed by atoms with E-state index in [2.05, 4.69) is 15.0 Å². The quantitative estimate of drug-likeness (QED) is 0.818. The summed E-state index contributed by atoms with van der Waals surface area (Å²) in [6.07, 6.45) is 5.26. The minimum Gasteiger partial charge on any atom is -0.352 e. The van der Waals surface area contributed by atoms with Crippen LogP contribution < -0.4 is 4.90 Å². The van der Waals surface area contributed by atoms with Crippen LogP contribution in [-0.2, 0) is 0 Å². The van der Waals surface area contributed by atoms with Crippen LogP contribution in [0.5, 0.6) is 0 Å². The Morgan fingerprint density at radius 3 is 2.44 bits per heavy atom. The lowest BCUT2D eigenvalue weighted by molar-refractivity contribution is 1.000. The summed E-state index contributed by atoms with van der Waals surface area (Å²) >= 11 is 0. The maximum absolute atomic E-state index is 8.70. The fourth-order valence-corrected chi connectivity index (χ4v) is 1.33. The number of anilines is 1. The van der Waals surface area contributed by atoms with E-state index in [1.807, 2.05) is 25.1 Å². The summed E-state index contributed by atoms with van der Waals surface area (Å²) in [5, 5.41) is 8.70. The zero-order valence-corrected chi connectivity index (χ0v) is 9.10. The molecule has 2 rings (SSSR count). The maximum Gasteiger partial charge on any atom is 0.224 e. The van der Waals surface area contributed by atoms with Crippen LogP contribution in [0.1, 0.15) is 5.69 Å². The van der Waals surface area contributed by atoms with Gasteiger partial charge in [-0.05, 0) is 6.07 Å². The Labute approximate surface area is 93.4 Å². The van der Waals surface area contributed by atoms with Gasteiger partial charge in [0.15, 0.2) is 0 Å². The number of H-pyrrole nitrogens is 1. The Hall–Kier alpha value is -2.35. The molecule has 2 aromatic rings. The third-order valence-electron chi connectivity index (χ3n) is 2.18. The van der Waals surface area contributed by atoms with E-state index in [1.165, 1.54) is 0 Å². The third-order valence-corrected chi connectivity index (χ3v) is 2.18. The minimum absolute atomic E-state index is 0.534. The van der Waals surface area contributed by atoms with Gasteiger partial charge in [-0.2, -0.15) is 5.26 Å². The number of nitrogens with zero attached hydrogens (tertiary/aromatic N) is 4. The van der Waals surface area contributed by atoms with Gasteiger partial charge in [0, 0.05) is 43.8 Å². The molecule has 2 heterocycles. The molecule has 5 heteroatoms. The predicted molar refractivity (Wildman–Crippen MR) is 60.9 cm³/mol. The normalized spacial score (nSPS) is 9.81. The largest absolute Gasteiger partial charge is 0.352 e. The molecule has 0 atom stereocenters. The Bertz CT molecular complexity index is 518. The van der Waals surface area contributed by atoms with Crippen LogP contribution in [-0.4, -0.2) is 29.0 Å². The Kier molecular flexibility index (Phi) is 2.56. The van der Waals surface area contributed by atoms with E-state index in [1.54, 1.807) is 24.7 Å². The second-order valence-corrected chi connectivity index (χ2v) is 3.58. The molecule has 2 aromatic heterocycles. The first-order valence-electron chi connectivity index (χ1n) is 4.79. The predicted octanol–water partition coefficient (Wildman–Crippen LogP) is 1.41. The molecule has 0 saturated carbocycles. The summed E-state index contributed by atoms with van der Waals surface area (Å²) in [6, 6.07) is 3.81. The highest BCUT2D eigenvalue weighted by atomic mass is 15.2. The molecule has 0 saturated heterocycles. The average molecular weight is 213 g/mol. The summed E-state index contributed by atoms with van der Waals surface area (Å²) in [6.45, 7) is 0. The lowest BCUT2D eigenvalue weighted by Crippen LogP contribution is -2.12. The molecule has 1 N–H and O–H groups in total. The second kappa shape index (κ2) is 4.03. The van der Waals surface area contributed by atoms with Crippen LogP contribution in [0.2, 0.25) is 0 Å². The summed E-state index contributed by atoms with van der Waals surface area (Å²) in [5.41, 5.74) is 2.34. The summed E-state index contributed by atoms with van der Waals surface area (Å²) in [5.74, 6) is 0.666. The number of aromatic amines is 1. The van der Waals surface area contributed by atoms with Gasteiger partial charge in [-0.3, -0.25) is 0 Å². The molecule has 5 nitrogen and oxygen atoms in total. The number of rotatable bonds is 2. The molecule has 16 heavy (non-hydrogen) atoms. The van der Waals surface area contributed by atoms with Crippen molar-refractivity contribution in [1.82, 2.24) is 15.0 Å². The van der Waals surface area contributed by atoms with Crippen molar-refractivity contribution < 1.29 is 0 Å². The molecule has 0 spiro atoms. The lowest BCUT2D eigenvalue weighted by atomic mass is 10.2. The first kappa shape index (κ1) is 10.2. The summed E-state index contributed by atoms with van der Waals surface area (Å²) in [7, 11) is 3.78. The lowest BCUT2D eigenvalue weighted by Gasteiger charge is -2.09. The van der Waals surface area contributed by atoms with Crippen LogP contribution >= 0.6 is 0 Å². The van der Waals surface area contributed by atoms with Crippen LogP contribution in [0, 0.1) is 11.3 Å². The number of hydrogen-bond acceptors (Lipinski definition) is 4. The van der Waals surface area contributed by atoms with E-state index < -0.39 is 0 Å². The van der Waals surface area contributed by atoms with Crippen molar-refractivity contribution in [1.29, 1.82) is 5.26 Å². The van der Waals surface area contributed by atoms with E-state index in [0.717, 1.165) is 11.1 Å². The van der Waals surface area contributed by atoms with Gasteiger partial charge in [-0.1, -0.05) is 0 Å². The van der Waals surface area contributed by atoms with E-state index >= 15 is 0 Å². The van der Waals surface area contributed by atoms with Crippen LogP contribution in [0.4, 0.5) is 5.95 Å². The van der Waals surface area contributed by atoms with Crippen molar-refractivity contribution in [3.05, 3.63) is 30.4 Å². The zero-order chi connectivity index (χ0) is 11.5. The maximum atomic E-state index is 8.70. The molecule has 0 radical (unpaired) electrons. The Morgan fingerprint density at radius 2 is 1.94 bits per heavy atom. The first-order chi connectivity index (χ1) is 7.70. The fraction of sp³-hybridized carbons (Fsp3) is 0.182. The second-order valence-electron chi connectivity index (χ2n) is 3.58. The highest BCUT2D eigenvalue weighted by Gasteiger charge is 2.04. The van der Waals surface area contributed by atoms with Crippen molar-refractivity contribution in [3.63, 3.8) is 0 Å². The SMILES string of the molecule is CN(C)c1ncc(-c2c[nH]c(C#N)c2)cn1. The highest BCUT2D eigenvalue weighted by molar-refractivity contribution is 5.63. The van der Waals surface area contributed by atoms with Crippen molar-refractivity contribution >= 4 is 5.95 Å². The van der Waals surface area contributed by atoms with E-state index in [-0.39, 0.29) is 0 Å². The van der Waals surface area contributed by atoms with Gasteiger partial charge in [0.1, 0.15) is 11.8 Å². The molecule has 0 amide bonds. The van der Waals surface area contributed by atoms with Gasteiger partial charge in [-0.25, -0.2) is 9.97 Å². The molecular weight excluding hydrogens is 202 g/mol. The van der Waals surface area contributed by atoms with E-state index in [9.17, 15) is 0 Å². The molecule has 0 fully saturated rings. The van der Waals surface area contributed by atoms with Gasteiger partial charge in [0.05, 0.1) is 0 Å². The van der Waals surface area contributed by atoms with E-state index in [0.29, 0.717) is 11.6 Å². The standard InChI is InChI=1S/C11H11N5/c1-16(2)11-14-6-9(7-15-11)8-3-10(4-12)13-5-8/h3,5-7,13H,1-2H3. The minimum atomic E-state index is 0.534. The summed E-state index contributed by atoms with van der Waals surface area (Å²) < 4.78 is 0. The molecule has 0 aliphatic heterocycles. The van der Waals surface area contributed by atoms with Gasteiger partial charge in [0.25, 0.3) is 0 Å². The molecule has 0 aromatic carbocycles. The van der Waals surface area contributed by atoms with Crippen molar-refractivity contribution in [2.75, 3.05) is 19.0 Å². The first-order valence-corrected chi connectivity index (χ1v) is 4.79. The van der Waals surface area contributed by atoms with Crippen molar-refractivity contribution in [3.8, 4) is 17.2 Å². The molecule has 0 aliphatic carbocycles. The molecule has 0 unspecified atom stereocenters. The van der Waals surface area contributed by atoms with E-state index in [4.69, 9.17) is 5.26 Å². The smallest absolute Gasteiger partial charge is 0.224 e. The molecule has 80 valence electrons. The van der Waals surface area contributed by atoms with Crippen molar-refractivity contribution in [2.45, 2.75) is 0 Å². The van der Waals surface area contributed by atoms with Gasteiger partial charge in [0.2, 0.25) is 5.95 Å². The van der Waals surface area contributed by atoms with Crippen molar-refractivity contribution in [2.24, 2.45) is 0 Å². The van der Waals surface area contributed by atoms with Gasteiger partial charge < -0.3 is 9.88 Å². The summed E-state index contributed by atoms with van der Waals surface area (Å²) in [4.78, 5) is 13.1. The molecular formula is C11H11N5. The highest BCUT2D eigenvalue weighted by Crippen LogP contribution is 2.19. The van der Waals surface area contributed by atoms with Gasteiger partial charge >= 0.3 is 0 Å². The number of hydrogen-bond donors (Lipinski definition) is 1. The van der Waals surface area contributed by atoms with Crippen LogP contribution in [0.25, 0.3) is 11.1 Å². The van der Waals surface area contributed by atoms with Gasteiger partial charge in [-0.15, -0.1) is 0 Å². The fourth-order valence-electron chi connectivity index (χ4n) is 1.33. The molecule has 0 bridgehead atoms. The van der Waals surface area contributed by atoms with Crippen LogP contribution in [0.3, 0.4) is 0 Å². The number of aromatic nitrogens is 3. The average Bonchev–Trinajstić information content (AvgIpc) is 2.77. The Morgan fingerprint density at radius 1 is 1.25 bits per heavy atom. The number of nitriles is 1. The van der Waals surface area contributed by atoms with Crippen LogP contribution in [0.15, 0.2) is 24.7 Å². The zero-order valence-electron chi connectivity index (χ0n) is 9.10. The number of nitrogens with one attached hydrogen (secondary N) is 1. The Balaban J connectivity index is 2.31.